The molecule has 0 radical (unpaired) electrons. The van der Waals surface area contributed by atoms with Crippen molar-refractivity contribution in [1.29, 1.82) is 0 Å². The minimum atomic E-state index is -0.801. The first kappa shape index (κ1) is 19.6. The van der Waals surface area contributed by atoms with Gasteiger partial charge in [0.15, 0.2) is 11.9 Å². The van der Waals surface area contributed by atoms with Gasteiger partial charge in [0.2, 0.25) is 0 Å². The lowest BCUT2D eigenvalue weighted by Gasteiger charge is -2.22. The highest BCUT2D eigenvalue weighted by molar-refractivity contribution is 6.12. The van der Waals surface area contributed by atoms with Gasteiger partial charge in [0, 0.05) is 0 Å². The van der Waals surface area contributed by atoms with Crippen molar-refractivity contribution in [2.45, 2.75) is 32.8 Å². The largest absolute Gasteiger partial charge is 0.496 e. The third-order valence-corrected chi connectivity index (χ3v) is 4.68. The number of fused-ring (bicyclic) bond motifs is 1. The summed E-state index contributed by atoms with van der Waals surface area (Å²) in [6.07, 6.45) is 0.365. The molecule has 28 heavy (non-hydrogen) atoms. The molecule has 0 saturated carbocycles. The predicted octanol–water partition coefficient (Wildman–Crippen LogP) is 3.42. The van der Waals surface area contributed by atoms with E-state index in [9.17, 15) is 14.4 Å². The molecular formula is C22H23NO5. The summed E-state index contributed by atoms with van der Waals surface area (Å²) in [5.41, 5.74) is 1.50. The van der Waals surface area contributed by atoms with Crippen LogP contribution in [-0.4, -0.2) is 42.3 Å². The molecule has 0 aliphatic carbocycles. The van der Waals surface area contributed by atoms with Crippen LogP contribution in [0.5, 0.6) is 11.5 Å². The molecule has 6 nitrogen and oxygen atoms in total. The number of aryl methyl sites for hydroxylation is 1. The fraction of sp³-hybridized carbons (Fsp3) is 0.318. The molecule has 0 bridgehead atoms. The Hall–Kier alpha value is -3.15. The smallest absolute Gasteiger partial charge is 0.270 e. The molecule has 2 amide bonds. The maximum atomic E-state index is 13.0. The van der Waals surface area contributed by atoms with Crippen LogP contribution in [-0.2, 0) is 4.79 Å². The highest BCUT2D eigenvalue weighted by atomic mass is 16.5. The molecule has 146 valence electrons. The van der Waals surface area contributed by atoms with Crippen LogP contribution in [0.4, 0.5) is 0 Å². The van der Waals surface area contributed by atoms with Gasteiger partial charge >= 0.3 is 0 Å². The number of Topliss-reactive ketones (excluding diaryl/α,β-unsaturated/α-hetero) is 1. The zero-order chi connectivity index (χ0) is 20.3. The van der Waals surface area contributed by atoms with Gasteiger partial charge in [-0.2, -0.15) is 0 Å². The first-order valence-electron chi connectivity index (χ1n) is 9.25. The number of amides is 2. The van der Waals surface area contributed by atoms with Crippen molar-refractivity contribution < 1.29 is 23.9 Å². The van der Waals surface area contributed by atoms with Gasteiger partial charge in [-0.25, -0.2) is 0 Å². The lowest BCUT2D eigenvalue weighted by molar-refractivity contribution is -0.135. The number of nitrogens with zero attached hydrogens (tertiary/aromatic N) is 1. The van der Waals surface area contributed by atoms with E-state index in [0.29, 0.717) is 29.9 Å². The van der Waals surface area contributed by atoms with Gasteiger partial charge in [0.05, 0.1) is 24.8 Å². The molecule has 1 aliphatic rings. The van der Waals surface area contributed by atoms with Gasteiger partial charge in [0.25, 0.3) is 11.8 Å². The number of carbonyl (C=O) groups is 3. The highest BCUT2D eigenvalue weighted by Gasteiger charge is 2.37. The quantitative estimate of drug-likeness (QED) is 0.566. The molecule has 0 spiro atoms. The van der Waals surface area contributed by atoms with Gasteiger partial charge in [-0.15, -0.1) is 0 Å². The fourth-order valence-electron chi connectivity index (χ4n) is 3.23. The van der Waals surface area contributed by atoms with Gasteiger partial charge in [-0.05, 0) is 37.6 Å². The van der Waals surface area contributed by atoms with Crippen molar-refractivity contribution in [2.75, 3.05) is 13.7 Å². The summed E-state index contributed by atoms with van der Waals surface area (Å²) >= 11 is 0. The van der Waals surface area contributed by atoms with Gasteiger partial charge in [-0.3, -0.25) is 19.3 Å². The normalized spacial score (nSPS) is 16.2. The van der Waals surface area contributed by atoms with Gasteiger partial charge in [-0.1, -0.05) is 37.1 Å². The first-order valence-corrected chi connectivity index (χ1v) is 9.25. The molecule has 1 atom stereocenters. The van der Waals surface area contributed by atoms with E-state index in [0.717, 1.165) is 10.5 Å². The summed E-state index contributed by atoms with van der Waals surface area (Å²) in [6.45, 7) is 3.43. The van der Waals surface area contributed by atoms with Crippen molar-refractivity contribution in [3.63, 3.8) is 0 Å². The zero-order valence-electron chi connectivity index (χ0n) is 16.2. The van der Waals surface area contributed by atoms with E-state index < -0.39 is 17.9 Å². The Labute approximate surface area is 164 Å². The molecule has 1 heterocycles. The number of ketones is 1. The number of hydrogen-bond acceptors (Lipinski definition) is 5. The van der Waals surface area contributed by atoms with E-state index in [1.165, 1.54) is 7.11 Å². The van der Waals surface area contributed by atoms with Crippen LogP contribution in [0.3, 0.4) is 0 Å². The molecule has 0 fully saturated rings. The third kappa shape index (κ3) is 3.76. The summed E-state index contributed by atoms with van der Waals surface area (Å²) in [7, 11) is 1.48. The monoisotopic (exact) mass is 381 g/mol. The van der Waals surface area contributed by atoms with E-state index in [1.54, 1.807) is 36.4 Å². The number of benzene rings is 2. The van der Waals surface area contributed by atoms with Crippen molar-refractivity contribution >= 4 is 17.6 Å². The fourth-order valence-corrected chi connectivity index (χ4v) is 3.23. The molecule has 6 heteroatoms. The molecule has 3 rings (SSSR count). The van der Waals surface area contributed by atoms with Crippen molar-refractivity contribution in [2.24, 2.45) is 0 Å². The zero-order valence-corrected chi connectivity index (χ0v) is 16.2. The number of ether oxygens (including phenoxy) is 2. The van der Waals surface area contributed by atoms with Crippen LogP contribution in [0, 0.1) is 6.92 Å². The first-order chi connectivity index (χ1) is 13.5. The maximum absolute atomic E-state index is 13.0. The van der Waals surface area contributed by atoms with Crippen LogP contribution in [0.2, 0.25) is 0 Å². The molecule has 0 unspecified atom stereocenters. The topological polar surface area (TPSA) is 72.9 Å². The van der Waals surface area contributed by atoms with Gasteiger partial charge < -0.3 is 9.47 Å². The standard InChI is InChI=1S/C22H23NO5/c1-4-7-20-22(26)23(21(25)15-8-5-6-9-19(15)28-20)13-17(24)16-12-14(2)10-11-18(16)27-3/h5-6,8-12,20H,4,7,13H2,1-3H3/t20-/m0/s1. The van der Waals surface area contributed by atoms with Crippen LogP contribution in [0.25, 0.3) is 0 Å². The summed E-state index contributed by atoms with van der Waals surface area (Å²) in [5, 5.41) is 0. The molecular weight excluding hydrogens is 358 g/mol. The molecule has 0 saturated heterocycles. The average Bonchev–Trinajstić information content (AvgIpc) is 2.79. The Morgan fingerprint density at radius 2 is 1.93 bits per heavy atom. The Balaban J connectivity index is 1.97. The predicted molar refractivity (Wildman–Crippen MR) is 104 cm³/mol. The average molecular weight is 381 g/mol. The summed E-state index contributed by atoms with van der Waals surface area (Å²) in [4.78, 5) is 40.0. The minimum Gasteiger partial charge on any atom is -0.496 e. The maximum Gasteiger partial charge on any atom is 0.270 e. The Bertz CT molecular complexity index is 921. The van der Waals surface area contributed by atoms with Crippen molar-refractivity contribution in [3.05, 3.63) is 59.2 Å². The van der Waals surface area contributed by atoms with Crippen molar-refractivity contribution in [3.8, 4) is 11.5 Å². The summed E-state index contributed by atoms with van der Waals surface area (Å²) < 4.78 is 11.1. The van der Waals surface area contributed by atoms with E-state index in [-0.39, 0.29) is 17.9 Å². The second-order valence-corrected chi connectivity index (χ2v) is 6.75. The molecule has 1 aliphatic heterocycles. The highest BCUT2D eigenvalue weighted by Crippen LogP contribution is 2.28. The van der Waals surface area contributed by atoms with Crippen LogP contribution in [0.1, 0.15) is 46.0 Å². The number of para-hydroxylation sites is 1. The number of hydrogen-bond donors (Lipinski definition) is 0. The summed E-state index contributed by atoms with van der Waals surface area (Å²) in [6, 6.07) is 11.9. The van der Waals surface area contributed by atoms with E-state index in [2.05, 4.69) is 0 Å². The summed E-state index contributed by atoms with van der Waals surface area (Å²) in [5.74, 6) is -0.617. The van der Waals surface area contributed by atoms with Crippen molar-refractivity contribution in [1.82, 2.24) is 4.90 Å². The SMILES string of the molecule is CCC[C@@H]1Oc2ccccc2C(=O)N(CC(=O)c2cc(C)ccc2OC)C1=O. The van der Waals surface area contributed by atoms with E-state index in [4.69, 9.17) is 9.47 Å². The third-order valence-electron chi connectivity index (χ3n) is 4.68. The Morgan fingerprint density at radius 1 is 1.18 bits per heavy atom. The van der Waals surface area contributed by atoms with Crippen LogP contribution in [0.15, 0.2) is 42.5 Å². The minimum absolute atomic E-state index is 0.276. The van der Waals surface area contributed by atoms with Crippen LogP contribution >= 0.6 is 0 Å². The molecule has 2 aromatic rings. The van der Waals surface area contributed by atoms with E-state index in [1.807, 2.05) is 19.9 Å². The Morgan fingerprint density at radius 3 is 2.64 bits per heavy atom. The Kier molecular flexibility index (Phi) is 5.78. The second kappa shape index (κ2) is 8.25. The second-order valence-electron chi connectivity index (χ2n) is 6.75. The van der Waals surface area contributed by atoms with Gasteiger partial charge in [0.1, 0.15) is 11.5 Å². The molecule has 2 aromatic carbocycles. The van der Waals surface area contributed by atoms with E-state index >= 15 is 0 Å². The van der Waals surface area contributed by atoms with Crippen LogP contribution < -0.4 is 9.47 Å². The number of rotatable bonds is 6. The number of carbonyl (C=O) groups excluding carboxylic acids is 3. The molecule has 0 aromatic heterocycles. The number of imide groups is 1. The lowest BCUT2D eigenvalue weighted by Crippen LogP contribution is -2.45. The lowest BCUT2D eigenvalue weighted by atomic mass is 10.0. The molecule has 0 N–H and O–H groups in total. The number of methoxy groups -OCH3 is 1.